The Balaban J connectivity index is 1.74. The molecule has 5 heteroatoms. The molecule has 0 bridgehead atoms. The van der Waals surface area contributed by atoms with Gasteiger partial charge >= 0.3 is 0 Å². The quantitative estimate of drug-likeness (QED) is 0.207. The predicted molar refractivity (Wildman–Crippen MR) is 150 cm³/mol. The number of amides is 1. The second-order valence-electron chi connectivity index (χ2n) is 12.7. The lowest BCUT2D eigenvalue weighted by atomic mass is 9.62. The van der Waals surface area contributed by atoms with Gasteiger partial charge in [-0.25, -0.2) is 5.48 Å². The van der Waals surface area contributed by atoms with E-state index in [4.69, 9.17) is 9.94 Å². The van der Waals surface area contributed by atoms with E-state index in [0.29, 0.717) is 23.5 Å². The van der Waals surface area contributed by atoms with Gasteiger partial charge in [0.15, 0.2) is 5.78 Å². The molecule has 3 aromatic carbocycles. The number of ketones is 1. The zero-order valence-corrected chi connectivity index (χ0v) is 23.6. The van der Waals surface area contributed by atoms with Crippen molar-refractivity contribution in [2.45, 2.75) is 84.2 Å². The lowest BCUT2D eigenvalue weighted by Crippen LogP contribution is -2.34. The third kappa shape index (κ3) is 5.53. The van der Waals surface area contributed by atoms with Gasteiger partial charge in [-0.05, 0) is 75.6 Å². The molecule has 0 saturated carbocycles. The maximum absolute atomic E-state index is 13.8. The summed E-state index contributed by atoms with van der Waals surface area (Å²) >= 11 is 0. The van der Waals surface area contributed by atoms with Crippen molar-refractivity contribution in [3.63, 3.8) is 0 Å². The van der Waals surface area contributed by atoms with Crippen LogP contribution in [0.1, 0.15) is 110 Å². The molecular formula is C33H39NO4. The van der Waals surface area contributed by atoms with Crippen LogP contribution in [0.3, 0.4) is 0 Å². The van der Waals surface area contributed by atoms with Gasteiger partial charge in [0.25, 0.3) is 5.91 Å². The molecule has 0 aliphatic heterocycles. The number of benzene rings is 3. The average molecular weight is 514 g/mol. The molecule has 4 rings (SSSR count). The second kappa shape index (κ2) is 10.0. The molecular weight excluding hydrogens is 474 g/mol. The van der Waals surface area contributed by atoms with Gasteiger partial charge in [-0.3, -0.25) is 14.8 Å². The number of nitrogens with one attached hydrogen (secondary N) is 1. The van der Waals surface area contributed by atoms with Crippen molar-refractivity contribution in [3.05, 3.63) is 99.6 Å². The van der Waals surface area contributed by atoms with E-state index in [0.717, 1.165) is 18.4 Å². The summed E-state index contributed by atoms with van der Waals surface area (Å²) in [7, 11) is 0. The Kier molecular flexibility index (Phi) is 7.28. The van der Waals surface area contributed by atoms with E-state index in [1.165, 1.54) is 28.8 Å². The lowest BCUT2D eigenvalue weighted by molar-refractivity contribution is 0.0706. The van der Waals surface area contributed by atoms with E-state index in [2.05, 4.69) is 78.8 Å². The average Bonchev–Trinajstić information content (AvgIpc) is 2.88. The maximum atomic E-state index is 13.8. The highest BCUT2D eigenvalue weighted by molar-refractivity contribution is 6.11. The molecule has 0 fully saturated rings. The van der Waals surface area contributed by atoms with E-state index in [1.807, 2.05) is 6.07 Å². The maximum Gasteiger partial charge on any atom is 0.274 e. The van der Waals surface area contributed by atoms with Crippen molar-refractivity contribution in [3.8, 4) is 5.75 Å². The van der Waals surface area contributed by atoms with Gasteiger partial charge in [0.05, 0.1) is 5.56 Å². The highest BCUT2D eigenvalue weighted by Gasteiger charge is 2.38. The van der Waals surface area contributed by atoms with Crippen molar-refractivity contribution in [2.75, 3.05) is 0 Å². The predicted octanol–water partition coefficient (Wildman–Crippen LogP) is 7.26. The van der Waals surface area contributed by atoms with Crippen LogP contribution >= 0.6 is 0 Å². The monoisotopic (exact) mass is 513 g/mol. The van der Waals surface area contributed by atoms with Crippen LogP contribution in [0.25, 0.3) is 0 Å². The van der Waals surface area contributed by atoms with Crippen LogP contribution in [0.15, 0.2) is 60.7 Å². The second-order valence-corrected chi connectivity index (χ2v) is 12.7. The summed E-state index contributed by atoms with van der Waals surface area (Å²) in [5, 5.41) is 8.91. The van der Waals surface area contributed by atoms with Crippen LogP contribution in [-0.2, 0) is 22.9 Å². The summed E-state index contributed by atoms with van der Waals surface area (Å²) in [5.41, 5.74) is 7.52. The third-order valence-corrected chi connectivity index (χ3v) is 7.92. The number of rotatable bonds is 6. The number of hydrogen-bond acceptors (Lipinski definition) is 4. The Morgan fingerprint density at radius 3 is 1.89 bits per heavy atom. The molecule has 1 amide bonds. The standard InChI is InChI=1S/C33H39NO4/c1-31(2,3)24-14-8-21(9-15-24)20-38-28-19-27-26(32(4,5)16-17-33(27,6)7)18-25(28)29(35)22-10-12-23(13-11-22)30(36)34-37/h8-15,18-19,37H,16-17,20H2,1-7H3,(H,34,36). The van der Waals surface area contributed by atoms with Gasteiger partial charge in [0, 0.05) is 11.1 Å². The van der Waals surface area contributed by atoms with Crippen LogP contribution in [-0.4, -0.2) is 16.9 Å². The summed E-state index contributed by atoms with van der Waals surface area (Å²) < 4.78 is 6.38. The van der Waals surface area contributed by atoms with Crippen LogP contribution in [0, 0.1) is 0 Å². The van der Waals surface area contributed by atoms with Gasteiger partial charge in [0.1, 0.15) is 12.4 Å². The first-order valence-electron chi connectivity index (χ1n) is 13.2. The molecule has 0 saturated heterocycles. The van der Waals surface area contributed by atoms with E-state index in [1.54, 1.807) is 17.6 Å². The third-order valence-electron chi connectivity index (χ3n) is 7.92. The Morgan fingerprint density at radius 2 is 1.37 bits per heavy atom. The summed E-state index contributed by atoms with van der Waals surface area (Å²) in [4.78, 5) is 25.6. The molecule has 1 aliphatic carbocycles. The normalized spacial score (nSPS) is 15.9. The summed E-state index contributed by atoms with van der Waals surface area (Å²) in [6, 6.07) is 18.8. The van der Waals surface area contributed by atoms with Crippen molar-refractivity contribution >= 4 is 11.7 Å². The van der Waals surface area contributed by atoms with Gasteiger partial charge in [-0.1, -0.05) is 84.9 Å². The van der Waals surface area contributed by atoms with Gasteiger partial charge in [-0.15, -0.1) is 0 Å². The Morgan fingerprint density at radius 1 is 0.842 bits per heavy atom. The molecule has 0 spiro atoms. The fourth-order valence-electron chi connectivity index (χ4n) is 5.15. The molecule has 0 heterocycles. The Hall–Kier alpha value is -3.44. The minimum absolute atomic E-state index is 0.0296. The first-order valence-corrected chi connectivity index (χ1v) is 13.2. The minimum Gasteiger partial charge on any atom is -0.488 e. The Labute approximate surface area is 226 Å². The van der Waals surface area contributed by atoms with Gasteiger partial charge in [0.2, 0.25) is 0 Å². The molecule has 0 aromatic heterocycles. The number of fused-ring (bicyclic) bond motifs is 1. The fourth-order valence-corrected chi connectivity index (χ4v) is 5.15. The lowest BCUT2D eigenvalue weighted by Gasteiger charge is -2.42. The molecule has 200 valence electrons. The highest BCUT2D eigenvalue weighted by atomic mass is 16.5. The molecule has 2 N–H and O–H groups in total. The van der Waals surface area contributed by atoms with E-state index in [-0.39, 0.29) is 27.6 Å². The topological polar surface area (TPSA) is 75.6 Å². The van der Waals surface area contributed by atoms with Crippen LogP contribution < -0.4 is 10.2 Å². The summed E-state index contributed by atoms with van der Waals surface area (Å²) in [5.74, 6) is -0.221. The zero-order chi connectivity index (χ0) is 27.9. The number of hydroxylamine groups is 1. The number of hydrogen-bond donors (Lipinski definition) is 2. The van der Waals surface area contributed by atoms with Crippen LogP contribution in [0.5, 0.6) is 5.75 Å². The fraction of sp³-hybridized carbons (Fsp3) is 0.394. The van der Waals surface area contributed by atoms with E-state index < -0.39 is 5.91 Å². The number of ether oxygens (including phenoxy) is 1. The van der Waals surface area contributed by atoms with Gasteiger partial charge in [-0.2, -0.15) is 0 Å². The molecule has 0 radical (unpaired) electrons. The molecule has 38 heavy (non-hydrogen) atoms. The van der Waals surface area contributed by atoms with Gasteiger partial charge < -0.3 is 4.74 Å². The number of carbonyl (C=O) groups excluding carboxylic acids is 2. The van der Waals surface area contributed by atoms with Crippen molar-refractivity contribution in [1.82, 2.24) is 5.48 Å². The molecule has 0 atom stereocenters. The van der Waals surface area contributed by atoms with Crippen molar-refractivity contribution < 1.29 is 19.5 Å². The van der Waals surface area contributed by atoms with Crippen LogP contribution in [0.2, 0.25) is 0 Å². The van der Waals surface area contributed by atoms with E-state index in [9.17, 15) is 9.59 Å². The minimum atomic E-state index is -0.622. The first-order chi connectivity index (χ1) is 17.7. The molecule has 3 aromatic rings. The molecule has 5 nitrogen and oxygen atoms in total. The Bertz CT molecular complexity index is 1340. The van der Waals surface area contributed by atoms with E-state index >= 15 is 0 Å². The van der Waals surface area contributed by atoms with Crippen LogP contribution in [0.4, 0.5) is 0 Å². The molecule has 1 aliphatic rings. The van der Waals surface area contributed by atoms with Crippen molar-refractivity contribution in [2.24, 2.45) is 0 Å². The number of carbonyl (C=O) groups is 2. The largest absolute Gasteiger partial charge is 0.488 e. The SMILES string of the molecule is CC(C)(C)c1ccc(COc2cc3c(cc2C(=O)c2ccc(C(=O)NO)cc2)C(C)(C)CCC3(C)C)cc1. The summed E-state index contributed by atoms with van der Waals surface area (Å²) in [6.07, 6.45) is 2.09. The summed E-state index contributed by atoms with van der Waals surface area (Å²) in [6.45, 7) is 15.9. The highest BCUT2D eigenvalue weighted by Crippen LogP contribution is 2.48. The first kappa shape index (κ1) is 27.6. The molecule has 0 unspecified atom stereocenters. The smallest absolute Gasteiger partial charge is 0.274 e. The zero-order valence-electron chi connectivity index (χ0n) is 23.6. The van der Waals surface area contributed by atoms with Crippen molar-refractivity contribution in [1.29, 1.82) is 0 Å².